The minimum Gasteiger partial charge on any atom is -0.493 e. The molecule has 1 aromatic heterocycles. The summed E-state index contributed by atoms with van der Waals surface area (Å²) in [6.07, 6.45) is 0.110. The number of nitrogens with one attached hydrogen (secondary N) is 1. The van der Waals surface area contributed by atoms with Crippen LogP contribution in [0.2, 0.25) is 0 Å². The van der Waals surface area contributed by atoms with E-state index >= 15 is 0 Å². The number of hydrogen-bond acceptors (Lipinski definition) is 6. The molecular weight excluding hydrogens is 366 g/mol. The summed E-state index contributed by atoms with van der Waals surface area (Å²) in [6, 6.07) is 9.43. The van der Waals surface area contributed by atoms with Gasteiger partial charge in [-0.15, -0.1) is 0 Å². The molecule has 0 amide bonds. The van der Waals surface area contributed by atoms with Crippen LogP contribution in [-0.2, 0) is 22.8 Å². The standard InChI is InChI=1S/C20H21NO5S/c1-12(22)13-3-5-14(6-4-13)27(23,24)15-9-16-17-11-21-8-7-18(17)26-20(16)19(10-15)25-2/h3-6,9-10,12,21-22H,7-8,11H2,1-2H3/t12-/m1/s1. The number of methoxy groups -OCH3 is 1. The molecule has 0 radical (unpaired) electrons. The van der Waals surface area contributed by atoms with Gasteiger partial charge in [0.2, 0.25) is 9.84 Å². The monoisotopic (exact) mass is 387 g/mol. The third kappa shape index (κ3) is 3.01. The molecule has 1 atom stereocenters. The van der Waals surface area contributed by atoms with Gasteiger partial charge in [-0.25, -0.2) is 8.42 Å². The highest BCUT2D eigenvalue weighted by Crippen LogP contribution is 2.38. The van der Waals surface area contributed by atoms with E-state index in [2.05, 4.69) is 5.32 Å². The van der Waals surface area contributed by atoms with E-state index in [1.54, 1.807) is 25.1 Å². The van der Waals surface area contributed by atoms with Gasteiger partial charge in [-0.2, -0.15) is 0 Å². The Labute approximate surface area is 157 Å². The maximum atomic E-state index is 13.2. The van der Waals surface area contributed by atoms with Crippen molar-refractivity contribution in [3.63, 3.8) is 0 Å². The van der Waals surface area contributed by atoms with Crippen LogP contribution < -0.4 is 10.1 Å². The second-order valence-electron chi connectivity index (χ2n) is 6.68. The Morgan fingerprint density at radius 1 is 1.19 bits per heavy atom. The fraction of sp³-hybridized carbons (Fsp3) is 0.300. The van der Waals surface area contributed by atoms with Crippen molar-refractivity contribution in [2.75, 3.05) is 13.7 Å². The molecule has 6 nitrogen and oxygen atoms in total. The molecule has 0 saturated heterocycles. The van der Waals surface area contributed by atoms with Crippen molar-refractivity contribution < 1.29 is 22.7 Å². The Bertz CT molecular complexity index is 1100. The van der Waals surface area contributed by atoms with Crippen LogP contribution in [0.1, 0.15) is 29.9 Å². The van der Waals surface area contributed by atoms with E-state index in [-0.39, 0.29) is 9.79 Å². The third-order valence-corrected chi connectivity index (χ3v) is 6.70. The molecule has 7 heteroatoms. The van der Waals surface area contributed by atoms with E-state index in [9.17, 15) is 13.5 Å². The van der Waals surface area contributed by atoms with Crippen molar-refractivity contribution in [1.29, 1.82) is 0 Å². The number of aliphatic hydroxyl groups is 1. The number of aliphatic hydroxyl groups excluding tert-OH is 1. The summed E-state index contributed by atoms with van der Waals surface area (Å²) in [5.41, 5.74) is 2.22. The normalized spacial score (nSPS) is 15.5. The van der Waals surface area contributed by atoms with Gasteiger partial charge in [0.25, 0.3) is 0 Å². The van der Waals surface area contributed by atoms with Crippen LogP contribution in [0.3, 0.4) is 0 Å². The van der Waals surface area contributed by atoms with Crippen molar-refractivity contribution in [1.82, 2.24) is 5.32 Å². The van der Waals surface area contributed by atoms with Crippen LogP contribution >= 0.6 is 0 Å². The van der Waals surface area contributed by atoms with Crippen molar-refractivity contribution in [2.24, 2.45) is 0 Å². The van der Waals surface area contributed by atoms with Gasteiger partial charge in [-0.1, -0.05) is 12.1 Å². The molecule has 0 spiro atoms. The third-order valence-electron chi connectivity index (χ3n) is 4.95. The quantitative estimate of drug-likeness (QED) is 0.716. The highest BCUT2D eigenvalue weighted by Gasteiger charge is 2.25. The zero-order valence-electron chi connectivity index (χ0n) is 15.2. The highest BCUT2D eigenvalue weighted by atomic mass is 32.2. The van der Waals surface area contributed by atoms with E-state index in [0.717, 1.165) is 29.7 Å². The summed E-state index contributed by atoms with van der Waals surface area (Å²) in [7, 11) is -2.23. The van der Waals surface area contributed by atoms with Gasteiger partial charge < -0.3 is 19.6 Å². The molecular formula is C20H21NO5S. The molecule has 0 bridgehead atoms. The molecule has 2 heterocycles. The first-order valence-electron chi connectivity index (χ1n) is 8.78. The molecule has 2 N–H and O–H groups in total. The van der Waals surface area contributed by atoms with E-state index in [4.69, 9.17) is 9.15 Å². The lowest BCUT2D eigenvalue weighted by atomic mass is 10.1. The predicted molar refractivity (Wildman–Crippen MR) is 101 cm³/mol. The predicted octanol–water partition coefficient (Wildman–Crippen LogP) is 2.97. The van der Waals surface area contributed by atoms with Gasteiger partial charge in [-0.05, 0) is 30.7 Å². The lowest BCUT2D eigenvalue weighted by Crippen LogP contribution is -2.22. The molecule has 142 valence electrons. The highest BCUT2D eigenvalue weighted by molar-refractivity contribution is 7.91. The molecule has 4 rings (SSSR count). The van der Waals surface area contributed by atoms with E-state index in [1.165, 1.54) is 25.3 Å². The molecule has 1 aliphatic heterocycles. The van der Waals surface area contributed by atoms with Gasteiger partial charge in [0.1, 0.15) is 5.76 Å². The fourth-order valence-electron chi connectivity index (χ4n) is 3.42. The van der Waals surface area contributed by atoms with Gasteiger partial charge in [0.05, 0.1) is 23.0 Å². The Kier molecular flexibility index (Phi) is 4.46. The summed E-state index contributed by atoms with van der Waals surface area (Å²) < 4.78 is 37.7. The molecule has 0 unspecified atom stereocenters. The lowest BCUT2D eigenvalue weighted by molar-refractivity contribution is 0.199. The Hall–Kier alpha value is -2.35. The number of fused-ring (bicyclic) bond motifs is 3. The number of ether oxygens (including phenoxy) is 1. The second-order valence-corrected chi connectivity index (χ2v) is 8.63. The summed E-state index contributed by atoms with van der Waals surface area (Å²) >= 11 is 0. The largest absolute Gasteiger partial charge is 0.493 e. The van der Waals surface area contributed by atoms with E-state index in [0.29, 0.717) is 23.4 Å². The van der Waals surface area contributed by atoms with Crippen LogP contribution in [0.5, 0.6) is 5.75 Å². The van der Waals surface area contributed by atoms with Crippen LogP contribution in [0.4, 0.5) is 0 Å². The average molecular weight is 387 g/mol. The molecule has 0 saturated carbocycles. The minimum atomic E-state index is -3.73. The molecule has 2 aromatic carbocycles. The van der Waals surface area contributed by atoms with Crippen LogP contribution in [0, 0.1) is 0 Å². The van der Waals surface area contributed by atoms with Gasteiger partial charge in [0.15, 0.2) is 11.3 Å². The van der Waals surface area contributed by atoms with Crippen molar-refractivity contribution >= 4 is 20.8 Å². The zero-order valence-corrected chi connectivity index (χ0v) is 16.0. The summed E-state index contributed by atoms with van der Waals surface area (Å²) in [5.74, 6) is 1.28. The average Bonchev–Trinajstić information content (AvgIpc) is 3.06. The molecule has 27 heavy (non-hydrogen) atoms. The summed E-state index contributed by atoms with van der Waals surface area (Å²) in [5, 5.41) is 13.7. The number of sulfone groups is 1. The maximum absolute atomic E-state index is 13.2. The number of furan rings is 1. The van der Waals surface area contributed by atoms with Crippen molar-refractivity contribution in [2.45, 2.75) is 35.8 Å². The number of rotatable bonds is 4. The molecule has 0 fully saturated rings. The maximum Gasteiger partial charge on any atom is 0.206 e. The van der Waals surface area contributed by atoms with Crippen molar-refractivity contribution in [3.8, 4) is 5.75 Å². The molecule has 1 aliphatic rings. The molecule has 3 aromatic rings. The first-order chi connectivity index (χ1) is 12.9. The second kappa shape index (κ2) is 6.67. The van der Waals surface area contributed by atoms with Crippen LogP contribution in [-0.4, -0.2) is 27.2 Å². The first kappa shape index (κ1) is 18.0. The Balaban J connectivity index is 1.87. The topological polar surface area (TPSA) is 88.8 Å². The Morgan fingerprint density at radius 2 is 1.93 bits per heavy atom. The SMILES string of the molecule is COc1cc(S(=O)(=O)c2ccc([C@@H](C)O)cc2)cc2c3c(oc12)CCNC3. The minimum absolute atomic E-state index is 0.158. The smallest absolute Gasteiger partial charge is 0.206 e. The van der Waals surface area contributed by atoms with Crippen LogP contribution in [0.25, 0.3) is 11.0 Å². The van der Waals surface area contributed by atoms with Crippen LogP contribution in [0.15, 0.2) is 50.6 Å². The van der Waals surface area contributed by atoms with Gasteiger partial charge >= 0.3 is 0 Å². The summed E-state index contributed by atoms with van der Waals surface area (Å²) in [6.45, 7) is 3.10. The fourth-order valence-corrected chi connectivity index (χ4v) is 4.72. The summed E-state index contributed by atoms with van der Waals surface area (Å²) in [4.78, 5) is 0.328. The van der Waals surface area contributed by atoms with Gasteiger partial charge in [0, 0.05) is 36.5 Å². The van der Waals surface area contributed by atoms with Gasteiger partial charge in [-0.3, -0.25) is 0 Å². The molecule has 0 aliphatic carbocycles. The number of benzene rings is 2. The lowest BCUT2D eigenvalue weighted by Gasteiger charge is -2.11. The first-order valence-corrected chi connectivity index (χ1v) is 10.3. The zero-order chi connectivity index (χ0) is 19.2. The van der Waals surface area contributed by atoms with Crippen molar-refractivity contribution in [3.05, 3.63) is 53.3 Å². The van der Waals surface area contributed by atoms with E-state index in [1.807, 2.05) is 0 Å². The van der Waals surface area contributed by atoms with E-state index < -0.39 is 15.9 Å². The number of hydrogen-bond donors (Lipinski definition) is 2. The Morgan fingerprint density at radius 3 is 2.59 bits per heavy atom.